The van der Waals surface area contributed by atoms with E-state index in [0.29, 0.717) is 10.7 Å². The Hall–Kier alpha value is -1.96. The number of carbonyl (C=O) groups excluding carboxylic acids is 2. The van der Waals surface area contributed by atoms with E-state index in [1.54, 1.807) is 5.38 Å². The van der Waals surface area contributed by atoms with Gasteiger partial charge in [0.25, 0.3) is 5.91 Å². The standard InChI is InChI=1S/C19H25N3O3S.ClH/c1-19(2,3)13-7-5-12(6-8-13)14(9-17(23)25-4)22-18(24)15-11-26-16(10-20)21-15;/h5-8,11,14H,9-10,20H2,1-4H3,(H,22,24);1H. The van der Waals surface area contributed by atoms with Gasteiger partial charge in [-0.3, -0.25) is 9.59 Å². The fourth-order valence-electron chi connectivity index (χ4n) is 2.46. The predicted molar refractivity (Wildman–Crippen MR) is 109 cm³/mol. The van der Waals surface area contributed by atoms with E-state index in [1.807, 2.05) is 24.3 Å². The maximum Gasteiger partial charge on any atom is 0.307 e. The summed E-state index contributed by atoms with van der Waals surface area (Å²) in [6, 6.07) is 7.40. The highest BCUT2D eigenvalue weighted by atomic mass is 35.5. The van der Waals surface area contributed by atoms with Gasteiger partial charge in [0, 0.05) is 11.9 Å². The Bertz CT molecular complexity index is 769. The van der Waals surface area contributed by atoms with Crippen LogP contribution < -0.4 is 11.1 Å². The molecule has 0 bridgehead atoms. The van der Waals surface area contributed by atoms with Crippen molar-refractivity contribution in [1.82, 2.24) is 10.3 Å². The Morgan fingerprint density at radius 2 is 1.89 bits per heavy atom. The van der Waals surface area contributed by atoms with Gasteiger partial charge in [-0.25, -0.2) is 4.98 Å². The minimum atomic E-state index is -0.494. The molecule has 0 aliphatic carbocycles. The van der Waals surface area contributed by atoms with Crippen molar-refractivity contribution in [3.8, 4) is 0 Å². The lowest BCUT2D eigenvalue weighted by Crippen LogP contribution is -2.31. The van der Waals surface area contributed by atoms with Crippen LogP contribution >= 0.6 is 23.7 Å². The molecule has 3 N–H and O–H groups in total. The molecule has 2 rings (SSSR count). The molecule has 6 nitrogen and oxygen atoms in total. The van der Waals surface area contributed by atoms with Gasteiger partial charge in [-0.15, -0.1) is 23.7 Å². The summed E-state index contributed by atoms with van der Waals surface area (Å²) >= 11 is 1.34. The zero-order valence-electron chi connectivity index (χ0n) is 15.9. The number of hydrogen-bond donors (Lipinski definition) is 2. The number of amides is 1. The third kappa shape index (κ3) is 6.30. The fraction of sp³-hybridized carbons (Fsp3) is 0.421. The van der Waals surface area contributed by atoms with Crippen molar-refractivity contribution in [3.63, 3.8) is 0 Å². The van der Waals surface area contributed by atoms with E-state index in [-0.39, 0.29) is 36.7 Å². The molecule has 1 aromatic heterocycles. The van der Waals surface area contributed by atoms with E-state index in [4.69, 9.17) is 10.5 Å². The van der Waals surface area contributed by atoms with Gasteiger partial charge in [-0.05, 0) is 16.5 Å². The molecule has 1 unspecified atom stereocenters. The van der Waals surface area contributed by atoms with E-state index in [2.05, 4.69) is 31.1 Å². The summed E-state index contributed by atoms with van der Waals surface area (Å²) < 4.78 is 4.77. The zero-order chi connectivity index (χ0) is 19.3. The van der Waals surface area contributed by atoms with Gasteiger partial charge in [-0.1, -0.05) is 45.0 Å². The quantitative estimate of drug-likeness (QED) is 0.711. The number of rotatable bonds is 6. The number of hydrogen-bond acceptors (Lipinski definition) is 6. The van der Waals surface area contributed by atoms with Crippen LogP contribution in [0.25, 0.3) is 0 Å². The first-order valence-electron chi connectivity index (χ1n) is 8.37. The van der Waals surface area contributed by atoms with Gasteiger partial charge in [0.05, 0.1) is 19.6 Å². The number of thiazole rings is 1. The van der Waals surface area contributed by atoms with E-state index in [9.17, 15) is 9.59 Å². The van der Waals surface area contributed by atoms with Crippen LogP contribution in [0.2, 0.25) is 0 Å². The number of carbonyl (C=O) groups is 2. The zero-order valence-corrected chi connectivity index (χ0v) is 17.6. The van der Waals surface area contributed by atoms with Crippen molar-refractivity contribution >= 4 is 35.6 Å². The highest BCUT2D eigenvalue weighted by Gasteiger charge is 2.22. The molecule has 8 heteroatoms. The van der Waals surface area contributed by atoms with Crippen LogP contribution in [0, 0.1) is 0 Å². The molecular weight excluding hydrogens is 386 g/mol. The minimum absolute atomic E-state index is 0. The SMILES string of the molecule is COC(=O)CC(NC(=O)c1csc(CN)n1)c1ccc(C(C)(C)C)cc1.Cl. The third-order valence-electron chi connectivity index (χ3n) is 4.04. The summed E-state index contributed by atoms with van der Waals surface area (Å²) in [5.41, 5.74) is 7.89. The minimum Gasteiger partial charge on any atom is -0.469 e. The number of nitrogens with two attached hydrogens (primary N) is 1. The van der Waals surface area contributed by atoms with Crippen LogP contribution in [0.15, 0.2) is 29.6 Å². The Kier molecular flexibility index (Phi) is 8.40. The maximum absolute atomic E-state index is 12.5. The van der Waals surface area contributed by atoms with Crippen molar-refractivity contribution in [2.45, 2.75) is 45.2 Å². The van der Waals surface area contributed by atoms with Crippen LogP contribution in [-0.2, 0) is 21.5 Å². The highest BCUT2D eigenvalue weighted by Crippen LogP contribution is 2.25. The molecule has 2 aromatic rings. The normalized spacial score (nSPS) is 12.0. The van der Waals surface area contributed by atoms with Crippen molar-refractivity contribution in [2.75, 3.05) is 7.11 Å². The van der Waals surface area contributed by atoms with E-state index in [0.717, 1.165) is 5.56 Å². The second-order valence-corrected chi connectivity index (χ2v) is 7.95. The average Bonchev–Trinajstić information content (AvgIpc) is 3.09. The summed E-state index contributed by atoms with van der Waals surface area (Å²) in [6.45, 7) is 6.69. The summed E-state index contributed by atoms with van der Waals surface area (Å²) in [6.07, 6.45) is 0.0466. The molecule has 27 heavy (non-hydrogen) atoms. The molecule has 1 amide bonds. The van der Waals surface area contributed by atoms with Crippen molar-refractivity contribution in [2.24, 2.45) is 5.73 Å². The number of nitrogens with zero attached hydrogens (tertiary/aromatic N) is 1. The predicted octanol–water partition coefficient (Wildman–Crippen LogP) is 3.36. The second-order valence-electron chi connectivity index (χ2n) is 7.01. The lowest BCUT2D eigenvalue weighted by atomic mass is 9.86. The Balaban J connectivity index is 0.00000364. The van der Waals surface area contributed by atoms with E-state index < -0.39 is 12.0 Å². The molecular formula is C19H26ClN3O3S. The summed E-state index contributed by atoms with van der Waals surface area (Å²) in [5, 5.41) is 5.23. The smallest absolute Gasteiger partial charge is 0.307 e. The monoisotopic (exact) mass is 411 g/mol. The van der Waals surface area contributed by atoms with Gasteiger partial charge in [-0.2, -0.15) is 0 Å². The Morgan fingerprint density at radius 1 is 1.26 bits per heavy atom. The van der Waals surface area contributed by atoms with Crippen molar-refractivity contribution in [3.05, 3.63) is 51.5 Å². The largest absolute Gasteiger partial charge is 0.469 e. The number of halogens is 1. The molecule has 0 saturated heterocycles. The number of methoxy groups -OCH3 is 1. The lowest BCUT2D eigenvalue weighted by Gasteiger charge is -2.22. The molecule has 1 heterocycles. The summed E-state index contributed by atoms with van der Waals surface area (Å²) in [4.78, 5) is 28.5. The highest BCUT2D eigenvalue weighted by molar-refractivity contribution is 7.09. The van der Waals surface area contributed by atoms with Gasteiger partial charge >= 0.3 is 5.97 Å². The molecule has 1 atom stereocenters. The average molecular weight is 412 g/mol. The van der Waals surface area contributed by atoms with Crippen LogP contribution in [0.5, 0.6) is 0 Å². The summed E-state index contributed by atoms with van der Waals surface area (Å²) in [7, 11) is 1.33. The Morgan fingerprint density at radius 3 is 2.37 bits per heavy atom. The van der Waals surface area contributed by atoms with Crippen molar-refractivity contribution < 1.29 is 14.3 Å². The first-order chi connectivity index (χ1) is 12.2. The lowest BCUT2D eigenvalue weighted by molar-refractivity contribution is -0.141. The number of esters is 1. The number of aromatic nitrogens is 1. The van der Waals surface area contributed by atoms with Crippen molar-refractivity contribution in [1.29, 1.82) is 0 Å². The van der Waals surface area contributed by atoms with Crippen LogP contribution in [0.3, 0.4) is 0 Å². The molecule has 0 aliphatic heterocycles. The molecule has 0 spiro atoms. The van der Waals surface area contributed by atoms with Gasteiger partial charge in [0.1, 0.15) is 10.7 Å². The van der Waals surface area contributed by atoms with Crippen LogP contribution in [-0.4, -0.2) is 24.0 Å². The van der Waals surface area contributed by atoms with Gasteiger partial charge in [0.15, 0.2) is 0 Å². The molecule has 0 saturated carbocycles. The number of nitrogens with one attached hydrogen (secondary N) is 1. The first kappa shape index (κ1) is 23.1. The number of ether oxygens (including phenoxy) is 1. The van der Waals surface area contributed by atoms with Crippen LogP contribution in [0.1, 0.15) is 59.9 Å². The van der Waals surface area contributed by atoms with Gasteiger partial charge < -0.3 is 15.8 Å². The van der Waals surface area contributed by atoms with Gasteiger partial charge in [0.2, 0.25) is 0 Å². The molecule has 1 aromatic carbocycles. The maximum atomic E-state index is 12.5. The van der Waals surface area contributed by atoms with Crippen LogP contribution in [0.4, 0.5) is 0 Å². The number of benzene rings is 1. The first-order valence-corrected chi connectivity index (χ1v) is 9.25. The molecule has 148 valence electrons. The Labute approximate surface area is 169 Å². The molecule has 0 fully saturated rings. The molecule has 0 radical (unpaired) electrons. The third-order valence-corrected chi connectivity index (χ3v) is 4.91. The van der Waals surface area contributed by atoms with E-state index in [1.165, 1.54) is 24.0 Å². The molecule has 0 aliphatic rings. The second kappa shape index (κ2) is 9.82. The fourth-order valence-corrected chi connectivity index (χ4v) is 3.11. The summed E-state index contributed by atoms with van der Waals surface area (Å²) in [5.74, 6) is -0.731. The topological polar surface area (TPSA) is 94.3 Å². The van der Waals surface area contributed by atoms with E-state index >= 15 is 0 Å².